The zero-order valence-electron chi connectivity index (χ0n) is 15.9. The molecule has 7 nitrogen and oxygen atoms in total. The van der Waals surface area contributed by atoms with Gasteiger partial charge in [-0.15, -0.1) is 0 Å². The molecule has 3 aromatic rings. The molecule has 0 aromatic heterocycles. The molecule has 3 aromatic carbocycles. The van der Waals surface area contributed by atoms with Crippen molar-refractivity contribution in [2.75, 3.05) is 12.4 Å². The Morgan fingerprint density at radius 1 is 0.967 bits per heavy atom. The van der Waals surface area contributed by atoms with Crippen LogP contribution in [0.3, 0.4) is 0 Å². The first-order chi connectivity index (χ1) is 14.5. The number of carbonyl (C=O) groups excluding carboxylic acids is 2. The number of methoxy groups -OCH3 is 1. The highest BCUT2D eigenvalue weighted by atomic mass is 35.5. The van der Waals surface area contributed by atoms with Gasteiger partial charge in [0.15, 0.2) is 0 Å². The SMILES string of the molecule is COc1ccc(O)c(/C=N\NC(=O)c2ccc(NC(=O)c3ccc(Cl)cc3)cc2)c1. The first kappa shape index (κ1) is 20.9. The van der Waals surface area contributed by atoms with Gasteiger partial charge in [0, 0.05) is 27.4 Å². The fourth-order valence-corrected chi connectivity index (χ4v) is 2.62. The van der Waals surface area contributed by atoms with E-state index in [-0.39, 0.29) is 11.7 Å². The van der Waals surface area contributed by atoms with Crippen molar-refractivity contribution in [3.8, 4) is 11.5 Å². The lowest BCUT2D eigenvalue weighted by Gasteiger charge is -2.06. The predicted molar refractivity (Wildman–Crippen MR) is 116 cm³/mol. The average molecular weight is 424 g/mol. The summed E-state index contributed by atoms with van der Waals surface area (Å²) >= 11 is 5.82. The summed E-state index contributed by atoms with van der Waals surface area (Å²) in [6.07, 6.45) is 1.32. The lowest BCUT2D eigenvalue weighted by Crippen LogP contribution is -2.18. The molecule has 30 heavy (non-hydrogen) atoms. The third-order valence-corrected chi connectivity index (χ3v) is 4.37. The van der Waals surface area contributed by atoms with Crippen molar-refractivity contribution in [2.45, 2.75) is 0 Å². The van der Waals surface area contributed by atoms with Gasteiger partial charge >= 0.3 is 0 Å². The highest BCUT2D eigenvalue weighted by molar-refractivity contribution is 6.30. The highest BCUT2D eigenvalue weighted by Gasteiger charge is 2.08. The van der Waals surface area contributed by atoms with Crippen LogP contribution in [-0.4, -0.2) is 30.2 Å². The van der Waals surface area contributed by atoms with Gasteiger partial charge in [0.2, 0.25) is 0 Å². The molecule has 3 rings (SSSR count). The lowest BCUT2D eigenvalue weighted by atomic mass is 10.1. The van der Waals surface area contributed by atoms with Crippen LogP contribution in [-0.2, 0) is 0 Å². The van der Waals surface area contributed by atoms with Crippen LogP contribution in [0.15, 0.2) is 71.8 Å². The van der Waals surface area contributed by atoms with E-state index >= 15 is 0 Å². The molecule has 0 saturated carbocycles. The molecule has 0 aliphatic heterocycles. The minimum Gasteiger partial charge on any atom is -0.507 e. The maximum absolute atomic E-state index is 12.2. The molecule has 152 valence electrons. The summed E-state index contributed by atoms with van der Waals surface area (Å²) in [7, 11) is 1.51. The Morgan fingerprint density at radius 3 is 2.27 bits per heavy atom. The fraction of sp³-hybridized carbons (Fsp3) is 0.0455. The first-order valence-electron chi connectivity index (χ1n) is 8.83. The second-order valence-electron chi connectivity index (χ2n) is 6.16. The molecular formula is C22H18ClN3O4. The van der Waals surface area contributed by atoms with E-state index in [4.69, 9.17) is 16.3 Å². The fourth-order valence-electron chi connectivity index (χ4n) is 2.50. The number of nitrogens with zero attached hydrogens (tertiary/aromatic N) is 1. The summed E-state index contributed by atoms with van der Waals surface area (Å²) in [5.41, 5.74) is 4.14. The van der Waals surface area contributed by atoms with E-state index < -0.39 is 5.91 Å². The van der Waals surface area contributed by atoms with Crippen molar-refractivity contribution in [2.24, 2.45) is 5.10 Å². The van der Waals surface area contributed by atoms with Gasteiger partial charge in [0.05, 0.1) is 13.3 Å². The number of aromatic hydroxyl groups is 1. The Morgan fingerprint density at radius 2 is 1.60 bits per heavy atom. The molecule has 0 heterocycles. The molecule has 0 bridgehead atoms. The van der Waals surface area contributed by atoms with Crippen LogP contribution in [0.5, 0.6) is 11.5 Å². The minimum absolute atomic E-state index is 0.00887. The molecule has 0 saturated heterocycles. The summed E-state index contributed by atoms with van der Waals surface area (Å²) in [5.74, 6) is -0.165. The van der Waals surface area contributed by atoms with E-state index in [9.17, 15) is 14.7 Å². The largest absolute Gasteiger partial charge is 0.507 e. The molecule has 0 atom stereocenters. The summed E-state index contributed by atoms with van der Waals surface area (Å²) in [6.45, 7) is 0. The van der Waals surface area contributed by atoms with E-state index in [1.807, 2.05) is 0 Å². The summed E-state index contributed by atoms with van der Waals surface area (Å²) in [5, 5.41) is 17.0. The molecule has 0 unspecified atom stereocenters. The topological polar surface area (TPSA) is 100 Å². The number of halogens is 1. The number of hydrogen-bond donors (Lipinski definition) is 3. The van der Waals surface area contributed by atoms with Gasteiger partial charge in [0.25, 0.3) is 11.8 Å². The molecule has 8 heteroatoms. The molecule has 0 aliphatic rings. The smallest absolute Gasteiger partial charge is 0.271 e. The van der Waals surface area contributed by atoms with Crippen molar-refractivity contribution in [1.29, 1.82) is 0 Å². The Kier molecular flexibility index (Phi) is 6.67. The maximum Gasteiger partial charge on any atom is 0.271 e. The second-order valence-corrected chi connectivity index (χ2v) is 6.60. The van der Waals surface area contributed by atoms with Crippen molar-refractivity contribution in [1.82, 2.24) is 5.43 Å². The zero-order chi connectivity index (χ0) is 21.5. The number of anilines is 1. The number of hydrogen-bond acceptors (Lipinski definition) is 5. The minimum atomic E-state index is -0.441. The van der Waals surface area contributed by atoms with Gasteiger partial charge in [-0.05, 0) is 66.7 Å². The number of ether oxygens (including phenoxy) is 1. The Balaban J connectivity index is 1.59. The van der Waals surface area contributed by atoms with Crippen LogP contribution in [0.4, 0.5) is 5.69 Å². The van der Waals surface area contributed by atoms with E-state index in [0.717, 1.165) is 0 Å². The standard InChI is InChI=1S/C22H18ClN3O4/c1-30-19-10-11-20(27)16(12-19)13-24-26-22(29)15-4-8-18(9-5-15)25-21(28)14-2-6-17(23)7-3-14/h2-13,27H,1H3,(H,25,28)(H,26,29)/b24-13-. The zero-order valence-corrected chi connectivity index (χ0v) is 16.7. The number of benzene rings is 3. The van der Waals surface area contributed by atoms with Gasteiger partial charge < -0.3 is 15.2 Å². The van der Waals surface area contributed by atoms with E-state index in [0.29, 0.717) is 33.1 Å². The quantitative estimate of drug-likeness (QED) is 0.411. The van der Waals surface area contributed by atoms with Gasteiger partial charge in [0.1, 0.15) is 11.5 Å². The summed E-state index contributed by atoms with van der Waals surface area (Å²) in [4.78, 5) is 24.4. The van der Waals surface area contributed by atoms with Gasteiger partial charge in [-0.1, -0.05) is 11.6 Å². The highest BCUT2D eigenvalue weighted by Crippen LogP contribution is 2.21. The number of nitrogens with one attached hydrogen (secondary N) is 2. The van der Waals surface area contributed by atoms with Crippen LogP contribution >= 0.6 is 11.6 Å². The van der Waals surface area contributed by atoms with Crippen molar-refractivity contribution >= 4 is 35.3 Å². The molecule has 0 fully saturated rings. The lowest BCUT2D eigenvalue weighted by molar-refractivity contribution is 0.0954. The van der Waals surface area contributed by atoms with Crippen LogP contribution in [0, 0.1) is 0 Å². The molecule has 0 aliphatic carbocycles. The number of phenols is 1. The Bertz CT molecular complexity index is 1080. The molecular weight excluding hydrogens is 406 g/mol. The molecule has 2 amide bonds. The molecule has 3 N–H and O–H groups in total. The van der Waals surface area contributed by atoms with Crippen LogP contribution in [0.25, 0.3) is 0 Å². The second kappa shape index (κ2) is 9.58. The Labute approximate surface area is 178 Å². The monoisotopic (exact) mass is 423 g/mol. The van der Waals surface area contributed by atoms with Crippen molar-refractivity contribution in [3.05, 3.63) is 88.4 Å². The number of amides is 2. The van der Waals surface area contributed by atoms with Gasteiger partial charge in [-0.3, -0.25) is 9.59 Å². The van der Waals surface area contributed by atoms with Crippen molar-refractivity contribution < 1.29 is 19.4 Å². The van der Waals surface area contributed by atoms with Crippen LogP contribution in [0.2, 0.25) is 5.02 Å². The molecule has 0 spiro atoms. The van der Waals surface area contributed by atoms with E-state index in [1.54, 1.807) is 60.7 Å². The van der Waals surface area contributed by atoms with Crippen LogP contribution < -0.4 is 15.5 Å². The summed E-state index contributed by atoms with van der Waals surface area (Å²) < 4.78 is 5.08. The van der Waals surface area contributed by atoms with E-state index in [1.165, 1.54) is 19.4 Å². The Hall–Kier alpha value is -3.84. The van der Waals surface area contributed by atoms with Crippen LogP contribution in [0.1, 0.15) is 26.3 Å². The number of carbonyl (C=O) groups is 2. The van der Waals surface area contributed by atoms with Crippen molar-refractivity contribution in [3.63, 3.8) is 0 Å². The third-order valence-electron chi connectivity index (χ3n) is 4.12. The summed E-state index contributed by atoms with van der Waals surface area (Å²) in [6, 6.07) is 17.5. The number of phenolic OH excluding ortho intramolecular Hbond substituents is 1. The maximum atomic E-state index is 12.2. The van der Waals surface area contributed by atoms with Gasteiger partial charge in [-0.25, -0.2) is 5.43 Å². The third kappa shape index (κ3) is 5.36. The normalized spacial score (nSPS) is 10.6. The van der Waals surface area contributed by atoms with Gasteiger partial charge in [-0.2, -0.15) is 5.10 Å². The molecule has 0 radical (unpaired) electrons. The van der Waals surface area contributed by atoms with E-state index in [2.05, 4.69) is 15.8 Å². The number of rotatable bonds is 6. The number of hydrazone groups is 1. The predicted octanol–water partition coefficient (Wildman–Crippen LogP) is 4.07. The first-order valence-corrected chi connectivity index (χ1v) is 9.21. The average Bonchev–Trinajstić information content (AvgIpc) is 2.76.